The molecule has 0 saturated carbocycles. The highest BCUT2D eigenvalue weighted by molar-refractivity contribution is 5.67. The van der Waals surface area contributed by atoms with Crippen molar-refractivity contribution >= 4 is 17.3 Å². The van der Waals surface area contributed by atoms with Gasteiger partial charge >= 0.3 is 0 Å². The molecule has 0 aromatic carbocycles. The van der Waals surface area contributed by atoms with Crippen LogP contribution in [0.15, 0.2) is 18.6 Å². The molecule has 0 spiro atoms. The molecule has 0 fully saturated rings. The maximum Gasteiger partial charge on any atom is 0.180 e. The third-order valence-corrected chi connectivity index (χ3v) is 2.74. The van der Waals surface area contributed by atoms with E-state index in [4.69, 9.17) is 5.84 Å². The van der Waals surface area contributed by atoms with Gasteiger partial charge in [-0.1, -0.05) is 0 Å². The van der Waals surface area contributed by atoms with Gasteiger partial charge in [0.1, 0.15) is 0 Å². The Labute approximate surface area is 100 Å². The van der Waals surface area contributed by atoms with E-state index in [1.807, 2.05) is 16.8 Å². The number of hydrazine groups is 1. The van der Waals surface area contributed by atoms with Gasteiger partial charge in [0, 0.05) is 25.0 Å². The predicted octanol–water partition coefficient (Wildman–Crippen LogP) is 1.25. The van der Waals surface area contributed by atoms with Gasteiger partial charge in [0.05, 0.1) is 6.20 Å². The second kappa shape index (κ2) is 4.58. The molecule has 3 N–H and O–H groups in total. The normalized spacial score (nSPS) is 11.1. The minimum atomic E-state index is 0.362. The SMILES string of the molecule is CCN(c1nc(NN)cn2ccnc12)C(C)C. The molecule has 0 aliphatic heterocycles. The van der Waals surface area contributed by atoms with Crippen LogP contribution in [-0.4, -0.2) is 27.0 Å². The van der Waals surface area contributed by atoms with Crippen LogP contribution in [0.4, 0.5) is 11.6 Å². The van der Waals surface area contributed by atoms with Crippen molar-refractivity contribution in [3.63, 3.8) is 0 Å². The molecule has 0 aliphatic carbocycles. The molecule has 2 rings (SSSR count). The van der Waals surface area contributed by atoms with Gasteiger partial charge in [-0.2, -0.15) is 0 Å². The van der Waals surface area contributed by atoms with E-state index in [2.05, 4.69) is 41.1 Å². The molecule has 92 valence electrons. The summed E-state index contributed by atoms with van der Waals surface area (Å²) in [6.45, 7) is 7.24. The van der Waals surface area contributed by atoms with E-state index < -0.39 is 0 Å². The second-order valence-electron chi connectivity index (χ2n) is 4.13. The average molecular weight is 234 g/mol. The number of nitrogens with zero attached hydrogens (tertiary/aromatic N) is 4. The van der Waals surface area contributed by atoms with Gasteiger partial charge in [-0.3, -0.25) is 0 Å². The van der Waals surface area contributed by atoms with Crippen molar-refractivity contribution in [3.8, 4) is 0 Å². The van der Waals surface area contributed by atoms with Crippen molar-refractivity contribution in [3.05, 3.63) is 18.6 Å². The molecule has 0 amide bonds. The molecule has 0 saturated heterocycles. The van der Waals surface area contributed by atoms with Crippen LogP contribution < -0.4 is 16.2 Å². The molecule has 2 aromatic rings. The Balaban J connectivity index is 2.60. The van der Waals surface area contributed by atoms with E-state index in [1.165, 1.54) is 0 Å². The Bertz CT molecular complexity index is 504. The number of fused-ring (bicyclic) bond motifs is 1. The summed E-state index contributed by atoms with van der Waals surface area (Å²) in [5.41, 5.74) is 3.43. The van der Waals surface area contributed by atoms with Crippen LogP contribution in [0.2, 0.25) is 0 Å². The lowest BCUT2D eigenvalue weighted by atomic mass is 10.3. The fourth-order valence-corrected chi connectivity index (χ4v) is 1.94. The standard InChI is InChI=1S/C11H18N6/c1-4-17(8(2)3)11-10-13-5-6-16(10)7-9(14-11)15-12/h5-8,15H,4,12H2,1-3H3. The second-order valence-corrected chi connectivity index (χ2v) is 4.13. The smallest absolute Gasteiger partial charge is 0.180 e. The van der Waals surface area contributed by atoms with Crippen molar-refractivity contribution in [1.29, 1.82) is 0 Å². The van der Waals surface area contributed by atoms with E-state index >= 15 is 0 Å². The average Bonchev–Trinajstić information content (AvgIpc) is 2.77. The zero-order chi connectivity index (χ0) is 12.4. The highest BCUT2D eigenvalue weighted by Gasteiger charge is 2.15. The first-order chi connectivity index (χ1) is 8.17. The van der Waals surface area contributed by atoms with Gasteiger partial charge in [-0.15, -0.1) is 0 Å². The molecule has 0 radical (unpaired) electrons. The Morgan fingerprint density at radius 3 is 2.88 bits per heavy atom. The third kappa shape index (κ3) is 2.03. The molecule has 0 atom stereocenters. The van der Waals surface area contributed by atoms with E-state index in [1.54, 1.807) is 6.20 Å². The molecule has 6 nitrogen and oxygen atoms in total. The first-order valence-electron chi connectivity index (χ1n) is 5.74. The van der Waals surface area contributed by atoms with Crippen molar-refractivity contribution in [2.45, 2.75) is 26.8 Å². The topological polar surface area (TPSA) is 71.5 Å². The summed E-state index contributed by atoms with van der Waals surface area (Å²) in [6.07, 6.45) is 5.46. The lowest BCUT2D eigenvalue weighted by molar-refractivity contribution is 0.693. The first kappa shape index (κ1) is 11.7. The molecule has 6 heteroatoms. The monoisotopic (exact) mass is 234 g/mol. The highest BCUT2D eigenvalue weighted by Crippen LogP contribution is 2.21. The number of imidazole rings is 1. The van der Waals surface area contributed by atoms with Crippen LogP contribution in [0.1, 0.15) is 20.8 Å². The highest BCUT2D eigenvalue weighted by atomic mass is 15.3. The maximum absolute atomic E-state index is 5.43. The van der Waals surface area contributed by atoms with Crippen molar-refractivity contribution in [2.24, 2.45) is 5.84 Å². The van der Waals surface area contributed by atoms with E-state index in [0.717, 1.165) is 18.0 Å². The largest absolute Gasteiger partial charge is 0.351 e. The fraction of sp³-hybridized carbons (Fsp3) is 0.455. The van der Waals surface area contributed by atoms with Crippen LogP contribution in [0, 0.1) is 0 Å². The van der Waals surface area contributed by atoms with Gasteiger partial charge < -0.3 is 14.7 Å². The Kier molecular flexibility index (Phi) is 3.14. The van der Waals surface area contributed by atoms with Gasteiger partial charge in [0.25, 0.3) is 0 Å². The zero-order valence-electron chi connectivity index (χ0n) is 10.4. The number of nitrogens with one attached hydrogen (secondary N) is 1. The molecule has 17 heavy (non-hydrogen) atoms. The summed E-state index contributed by atoms with van der Waals surface area (Å²) in [4.78, 5) is 11.0. The van der Waals surface area contributed by atoms with Crippen LogP contribution >= 0.6 is 0 Å². The zero-order valence-corrected chi connectivity index (χ0v) is 10.4. The number of hydrogen-bond acceptors (Lipinski definition) is 5. The Hall–Kier alpha value is -1.82. The van der Waals surface area contributed by atoms with E-state index in [0.29, 0.717) is 11.9 Å². The Morgan fingerprint density at radius 1 is 1.53 bits per heavy atom. The van der Waals surface area contributed by atoms with E-state index in [9.17, 15) is 0 Å². The molecular weight excluding hydrogens is 216 g/mol. The fourth-order valence-electron chi connectivity index (χ4n) is 1.94. The summed E-state index contributed by atoms with van der Waals surface area (Å²) >= 11 is 0. The lowest BCUT2D eigenvalue weighted by Gasteiger charge is -2.26. The van der Waals surface area contributed by atoms with Crippen LogP contribution in [0.5, 0.6) is 0 Å². The molecule has 2 aromatic heterocycles. The number of nitrogen functional groups attached to an aromatic ring is 1. The number of hydrogen-bond donors (Lipinski definition) is 2. The van der Waals surface area contributed by atoms with Gasteiger partial charge in [0.2, 0.25) is 0 Å². The van der Waals surface area contributed by atoms with Crippen LogP contribution in [-0.2, 0) is 0 Å². The minimum absolute atomic E-state index is 0.362. The third-order valence-electron chi connectivity index (χ3n) is 2.74. The maximum atomic E-state index is 5.43. The summed E-state index contributed by atoms with van der Waals surface area (Å²) in [7, 11) is 0. The molecular formula is C11H18N6. The minimum Gasteiger partial charge on any atom is -0.351 e. The van der Waals surface area contributed by atoms with Gasteiger partial charge in [-0.25, -0.2) is 15.8 Å². The molecule has 0 aliphatic rings. The summed E-state index contributed by atoms with van der Waals surface area (Å²) < 4.78 is 1.92. The number of rotatable bonds is 4. The number of nitrogens with two attached hydrogens (primary N) is 1. The quantitative estimate of drug-likeness (QED) is 0.615. The van der Waals surface area contributed by atoms with Gasteiger partial charge in [0.15, 0.2) is 17.3 Å². The van der Waals surface area contributed by atoms with Crippen LogP contribution in [0.3, 0.4) is 0 Å². The van der Waals surface area contributed by atoms with Crippen molar-refractivity contribution < 1.29 is 0 Å². The van der Waals surface area contributed by atoms with E-state index in [-0.39, 0.29) is 0 Å². The number of aromatic nitrogens is 3. The molecule has 0 unspecified atom stereocenters. The Morgan fingerprint density at radius 2 is 2.29 bits per heavy atom. The molecule has 0 bridgehead atoms. The lowest BCUT2D eigenvalue weighted by Crippen LogP contribution is -2.32. The summed E-state index contributed by atoms with van der Waals surface area (Å²) in [5.74, 6) is 6.91. The first-order valence-corrected chi connectivity index (χ1v) is 5.74. The summed E-state index contributed by atoms with van der Waals surface area (Å²) in [5, 5.41) is 0. The van der Waals surface area contributed by atoms with Crippen LogP contribution in [0.25, 0.3) is 5.65 Å². The summed E-state index contributed by atoms with van der Waals surface area (Å²) in [6, 6.07) is 0.362. The van der Waals surface area contributed by atoms with Gasteiger partial charge in [-0.05, 0) is 20.8 Å². The number of anilines is 2. The van der Waals surface area contributed by atoms with Crippen molar-refractivity contribution in [2.75, 3.05) is 16.9 Å². The van der Waals surface area contributed by atoms with Crippen molar-refractivity contribution in [1.82, 2.24) is 14.4 Å². The predicted molar refractivity (Wildman–Crippen MR) is 69.0 cm³/mol. The molecule has 2 heterocycles.